The quantitative estimate of drug-likeness (QED) is 0.637. The molecule has 1 heterocycles. The zero-order chi connectivity index (χ0) is 21.3. The van der Waals surface area contributed by atoms with Gasteiger partial charge in [-0.15, -0.1) is 0 Å². The van der Waals surface area contributed by atoms with E-state index in [1.54, 1.807) is 7.11 Å². The first kappa shape index (κ1) is 22.3. The van der Waals surface area contributed by atoms with Gasteiger partial charge in [0.2, 0.25) is 5.91 Å². The van der Waals surface area contributed by atoms with E-state index in [0.29, 0.717) is 0 Å². The molecule has 3 rings (SSSR count). The molecule has 1 atom stereocenters. The van der Waals surface area contributed by atoms with Crippen LogP contribution in [0.25, 0.3) is 0 Å². The Labute approximate surface area is 181 Å². The summed E-state index contributed by atoms with van der Waals surface area (Å²) in [7, 11) is 3.74. The van der Waals surface area contributed by atoms with E-state index in [1.165, 1.54) is 11.1 Å². The number of methoxy groups -OCH3 is 1. The normalized spacial score (nSPS) is 15.9. The first-order valence-corrected chi connectivity index (χ1v) is 10.9. The first-order chi connectivity index (χ1) is 14.6. The molecule has 0 aromatic heterocycles. The molecule has 162 valence electrons. The highest BCUT2D eigenvalue weighted by Gasteiger charge is 2.26. The molecule has 30 heavy (non-hydrogen) atoms. The lowest BCUT2D eigenvalue weighted by Gasteiger charge is -2.37. The zero-order valence-corrected chi connectivity index (χ0v) is 18.6. The minimum Gasteiger partial charge on any atom is -0.497 e. The number of likely N-dealkylation sites (N-methyl/N-ethyl adjacent to an activating group) is 1. The second-order valence-electron chi connectivity index (χ2n) is 8.20. The Morgan fingerprint density at radius 2 is 1.67 bits per heavy atom. The van der Waals surface area contributed by atoms with E-state index in [9.17, 15) is 4.79 Å². The van der Waals surface area contributed by atoms with Crippen LogP contribution in [-0.4, -0.2) is 73.5 Å². The number of nitrogens with zero attached hydrogens (tertiary/aromatic N) is 3. The number of carbonyl (C=O) groups excluding carboxylic acids is 1. The lowest BCUT2D eigenvalue weighted by Crippen LogP contribution is -2.53. The second kappa shape index (κ2) is 11.1. The fraction of sp³-hybridized carbons (Fsp3) is 0.480. The molecule has 0 spiro atoms. The van der Waals surface area contributed by atoms with E-state index in [-0.39, 0.29) is 11.9 Å². The third kappa shape index (κ3) is 6.31. The molecule has 0 N–H and O–H groups in total. The number of piperazine rings is 1. The van der Waals surface area contributed by atoms with Crippen LogP contribution in [0.15, 0.2) is 54.6 Å². The molecule has 1 aliphatic rings. The number of aryl methyl sites for hydroxylation is 1. The number of amides is 1. The minimum atomic E-state index is -0.0819. The van der Waals surface area contributed by atoms with Gasteiger partial charge in [0.05, 0.1) is 13.2 Å². The van der Waals surface area contributed by atoms with E-state index in [0.717, 1.165) is 57.9 Å². The molecule has 1 fully saturated rings. The van der Waals surface area contributed by atoms with Crippen LogP contribution in [0.2, 0.25) is 0 Å². The molecule has 0 saturated carbocycles. The Bertz CT molecular complexity index is 771. The molecular weight excluding hydrogens is 374 g/mol. The highest BCUT2D eigenvalue weighted by atomic mass is 16.5. The zero-order valence-electron chi connectivity index (χ0n) is 18.6. The average Bonchev–Trinajstić information content (AvgIpc) is 2.79. The standard InChI is InChI=1S/C25H35N3O2/c1-21(26(2)15-7-10-22-11-13-24(30-3)14-12-22)25(29)28-18-16-27(17-19-28)20-23-8-5-4-6-9-23/h4-6,8-9,11-14,21H,7,10,15-20H2,1-3H3. The fourth-order valence-electron chi connectivity index (χ4n) is 3.94. The summed E-state index contributed by atoms with van der Waals surface area (Å²) in [4.78, 5) is 19.6. The Morgan fingerprint density at radius 1 is 1.00 bits per heavy atom. The van der Waals surface area contributed by atoms with Gasteiger partial charge < -0.3 is 9.64 Å². The highest BCUT2D eigenvalue weighted by Crippen LogP contribution is 2.14. The van der Waals surface area contributed by atoms with Crippen molar-refractivity contribution >= 4 is 5.91 Å². The van der Waals surface area contributed by atoms with Crippen molar-refractivity contribution in [1.29, 1.82) is 0 Å². The summed E-state index contributed by atoms with van der Waals surface area (Å²) in [5.74, 6) is 1.14. The molecule has 1 aliphatic heterocycles. The Balaban J connectivity index is 1.39. The maximum atomic E-state index is 13.0. The van der Waals surface area contributed by atoms with Gasteiger partial charge in [-0.3, -0.25) is 14.6 Å². The van der Waals surface area contributed by atoms with E-state index >= 15 is 0 Å². The Hall–Kier alpha value is -2.37. The van der Waals surface area contributed by atoms with Gasteiger partial charge in [-0.05, 0) is 56.6 Å². The van der Waals surface area contributed by atoms with E-state index in [1.807, 2.05) is 24.0 Å². The Morgan fingerprint density at radius 3 is 2.30 bits per heavy atom. The molecule has 0 radical (unpaired) electrons. The van der Waals surface area contributed by atoms with Gasteiger partial charge >= 0.3 is 0 Å². The van der Waals surface area contributed by atoms with Crippen molar-refractivity contribution in [1.82, 2.24) is 14.7 Å². The predicted octanol–water partition coefficient (Wildman–Crippen LogP) is 3.29. The van der Waals surface area contributed by atoms with Crippen LogP contribution in [0.1, 0.15) is 24.5 Å². The van der Waals surface area contributed by atoms with Crippen LogP contribution in [-0.2, 0) is 17.8 Å². The molecule has 0 bridgehead atoms. The van der Waals surface area contributed by atoms with Crippen LogP contribution < -0.4 is 4.74 Å². The summed E-state index contributed by atoms with van der Waals surface area (Å²) >= 11 is 0. The SMILES string of the molecule is COc1ccc(CCCN(C)C(C)C(=O)N2CCN(Cc3ccccc3)CC2)cc1. The summed E-state index contributed by atoms with van der Waals surface area (Å²) in [6.45, 7) is 7.41. The third-order valence-electron chi connectivity index (χ3n) is 6.09. The van der Waals surface area contributed by atoms with Gasteiger partial charge in [0.1, 0.15) is 5.75 Å². The Kier molecular flexibility index (Phi) is 8.29. The van der Waals surface area contributed by atoms with E-state index < -0.39 is 0 Å². The second-order valence-corrected chi connectivity index (χ2v) is 8.20. The number of carbonyl (C=O) groups is 1. The van der Waals surface area contributed by atoms with Crippen molar-refractivity contribution in [2.24, 2.45) is 0 Å². The largest absolute Gasteiger partial charge is 0.497 e. The summed E-state index contributed by atoms with van der Waals surface area (Å²) in [6.07, 6.45) is 2.04. The summed E-state index contributed by atoms with van der Waals surface area (Å²) in [6, 6.07) is 18.7. The number of benzene rings is 2. The van der Waals surface area contributed by atoms with Gasteiger partial charge in [0.25, 0.3) is 0 Å². The molecule has 5 heteroatoms. The van der Waals surface area contributed by atoms with Crippen molar-refractivity contribution in [2.45, 2.75) is 32.4 Å². The molecule has 2 aromatic carbocycles. The van der Waals surface area contributed by atoms with Crippen LogP contribution in [0, 0.1) is 0 Å². The fourth-order valence-corrected chi connectivity index (χ4v) is 3.94. The summed E-state index contributed by atoms with van der Waals surface area (Å²) < 4.78 is 5.21. The van der Waals surface area contributed by atoms with Gasteiger partial charge in [0, 0.05) is 32.7 Å². The van der Waals surface area contributed by atoms with Crippen LogP contribution in [0.4, 0.5) is 0 Å². The third-order valence-corrected chi connectivity index (χ3v) is 6.09. The number of ether oxygens (including phenoxy) is 1. The summed E-state index contributed by atoms with van der Waals surface area (Å²) in [5, 5.41) is 0. The van der Waals surface area contributed by atoms with Crippen molar-refractivity contribution in [2.75, 3.05) is 46.9 Å². The van der Waals surface area contributed by atoms with E-state index in [2.05, 4.69) is 59.3 Å². The van der Waals surface area contributed by atoms with Crippen molar-refractivity contribution in [3.05, 3.63) is 65.7 Å². The molecule has 5 nitrogen and oxygen atoms in total. The highest BCUT2D eigenvalue weighted by molar-refractivity contribution is 5.81. The maximum Gasteiger partial charge on any atom is 0.239 e. The van der Waals surface area contributed by atoms with Gasteiger partial charge in [0.15, 0.2) is 0 Å². The number of hydrogen-bond acceptors (Lipinski definition) is 4. The van der Waals surface area contributed by atoms with Gasteiger partial charge in [-0.25, -0.2) is 0 Å². The van der Waals surface area contributed by atoms with Crippen molar-refractivity contribution in [3.63, 3.8) is 0 Å². The lowest BCUT2D eigenvalue weighted by molar-refractivity contribution is -0.137. The van der Waals surface area contributed by atoms with Crippen LogP contribution >= 0.6 is 0 Å². The average molecular weight is 410 g/mol. The molecule has 2 aromatic rings. The van der Waals surface area contributed by atoms with Crippen molar-refractivity contribution in [3.8, 4) is 5.75 Å². The topological polar surface area (TPSA) is 36.0 Å². The molecule has 1 amide bonds. The maximum absolute atomic E-state index is 13.0. The van der Waals surface area contributed by atoms with Gasteiger partial charge in [-0.1, -0.05) is 42.5 Å². The number of hydrogen-bond donors (Lipinski definition) is 0. The monoisotopic (exact) mass is 409 g/mol. The molecule has 1 unspecified atom stereocenters. The molecular formula is C25H35N3O2. The van der Waals surface area contributed by atoms with Crippen LogP contribution in [0.3, 0.4) is 0 Å². The van der Waals surface area contributed by atoms with E-state index in [4.69, 9.17) is 4.74 Å². The molecule has 0 aliphatic carbocycles. The minimum absolute atomic E-state index is 0.0819. The smallest absolute Gasteiger partial charge is 0.239 e. The van der Waals surface area contributed by atoms with Crippen LogP contribution in [0.5, 0.6) is 5.75 Å². The van der Waals surface area contributed by atoms with Gasteiger partial charge in [-0.2, -0.15) is 0 Å². The predicted molar refractivity (Wildman–Crippen MR) is 122 cm³/mol. The molecule has 1 saturated heterocycles. The first-order valence-electron chi connectivity index (χ1n) is 10.9. The summed E-state index contributed by atoms with van der Waals surface area (Å²) in [5.41, 5.74) is 2.64. The number of rotatable bonds is 9. The van der Waals surface area contributed by atoms with Crippen molar-refractivity contribution < 1.29 is 9.53 Å². The lowest BCUT2D eigenvalue weighted by atomic mass is 10.1.